The predicted octanol–water partition coefficient (Wildman–Crippen LogP) is 2.12. The summed E-state index contributed by atoms with van der Waals surface area (Å²) >= 11 is 0. The molecule has 0 aromatic heterocycles. The lowest BCUT2D eigenvalue weighted by atomic mass is 9.81. The van der Waals surface area contributed by atoms with Crippen LogP contribution in [0.25, 0.3) is 0 Å². The molecule has 0 radical (unpaired) electrons. The molecule has 1 aliphatic heterocycles. The van der Waals surface area contributed by atoms with Crippen LogP contribution in [0.2, 0.25) is 0 Å². The van der Waals surface area contributed by atoms with Crippen molar-refractivity contribution in [2.75, 3.05) is 39.9 Å². The van der Waals surface area contributed by atoms with Crippen LogP contribution in [0, 0.1) is 5.41 Å². The first-order chi connectivity index (χ1) is 8.13. The monoisotopic (exact) mass is 242 g/mol. The summed E-state index contributed by atoms with van der Waals surface area (Å²) in [5, 5.41) is 3.54. The molecule has 0 spiro atoms. The summed E-state index contributed by atoms with van der Waals surface area (Å²) in [5.41, 5.74) is 0.507. The molecule has 17 heavy (non-hydrogen) atoms. The summed E-state index contributed by atoms with van der Waals surface area (Å²) in [6.07, 6.45) is 3.96. The van der Waals surface area contributed by atoms with E-state index in [1.807, 2.05) is 0 Å². The maximum atomic E-state index is 5.22. The zero-order valence-corrected chi connectivity index (χ0v) is 12.1. The molecule has 0 amide bonds. The Hall–Kier alpha value is -0.120. The van der Waals surface area contributed by atoms with Gasteiger partial charge in [0.25, 0.3) is 0 Å². The largest absolute Gasteiger partial charge is 0.383 e. The minimum atomic E-state index is 0.507. The third-order valence-electron chi connectivity index (χ3n) is 3.96. The lowest BCUT2D eigenvalue weighted by Gasteiger charge is -2.37. The molecule has 1 fully saturated rings. The zero-order valence-electron chi connectivity index (χ0n) is 12.1. The topological polar surface area (TPSA) is 24.5 Å². The fraction of sp³-hybridized carbons (Fsp3) is 1.00. The Kier molecular flexibility index (Phi) is 6.45. The summed E-state index contributed by atoms with van der Waals surface area (Å²) in [7, 11) is 1.79. The van der Waals surface area contributed by atoms with E-state index in [0.29, 0.717) is 11.5 Å². The van der Waals surface area contributed by atoms with Crippen LogP contribution in [-0.4, -0.2) is 50.8 Å². The van der Waals surface area contributed by atoms with Crippen molar-refractivity contribution in [1.29, 1.82) is 0 Å². The normalized spacial score (nSPS) is 25.1. The van der Waals surface area contributed by atoms with Gasteiger partial charge >= 0.3 is 0 Å². The van der Waals surface area contributed by atoms with Crippen LogP contribution < -0.4 is 5.32 Å². The predicted molar refractivity (Wildman–Crippen MR) is 73.4 cm³/mol. The minimum absolute atomic E-state index is 0.507. The highest BCUT2D eigenvalue weighted by atomic mass is 16.5. The molecule has 1 unspecified atom stereocenters. The molecule has 0 bridgehead atoms. The first kappa shape index (κ1) is 14.9. The van der Waals surface area contributed by atoms with Gasteiger partial charge in [-0.15, -0.1) is 0 Å². The van der Waals surface area contributed by atoms with Gasteiger partial charge in [0, 0.05) is 32.8 Å². The lowest BCUT2D eigenvalue weighted by molar-refractivity contribution is 0.0863. The van der Waals surface area contributed by atoms with Gasteiger partial charge in [-0.25, -0.2) is 0 Å². The molecule has 102 valence electrons. The van der Waals surface area contributed by atoms with E-state index in [4.69, 9.17) is 4.74 Å². The number of methoxy groups -OCH3 is 1. The van der Waals surface area contributed by atoms with Crippen molar-refractivity contribution in [1.82, 2.24) is 10.2 Å². The molecular weight excluding hydrogens is 212 g/mol. The van der Waals surface area contributed by atoms with Crippen LogP contribution in [0.3, 0.4) is 0 Å². The molecule has 3 heteroatoms. The van der Waals surface area contributed by atoms with Crippen LogP contribution in [0.4, 0.5) is 0 Å². The van der Waals surface area contributed by atoms with Crippen LogP contribution >= 0.6 is 0 Å². The van der Waals surface area contributed by atoms with Gasteiger partial charge in [0.05, 0.1) is 6.61 Å². The van der Waals surface area contributed by atoms with E-state index < -0.39 is 0 Å². The molecule has 0 saturated carbocycles. The molecule has 0 aromatic carbocycles. The maximum absolute atomic E-state index is 5.22. The van der Waals surface area contributed by atoms with E-state index in [0.717, 1.165) is 13.2 Å². The number of hydrogen-bond acceptors (Lipinski definition) is 3. The van der Waals surface area contributed by atoms with E-state index in [1.54, 1.807) is 7.11 Å². The summed E-state index contributed by atoms with van der Waals surface area (Å²) < 4.78 is 5.22. The number of ether oxygens (including phenoxy) is 1. The smallest absolute Gasteiger partial charge is 0.0589 e. The first-order valence-electron chi connectivity index (χ1n) is 7.07. The Morgan fingerprint density at radius 3 is 2.65 bits per heavy atom. The fourth-order valence-corrected chi connectivity index (χ4v) is 2.91. The summed E-state index contributed by atoms with van der Waals surface area (Å²) in [4.78, 5) is 2.58. The van der Waals surface area contributed by atoms with E-state index in [-0.39, 0.29) is 0 Å². The van der Waals surface area contributed by atoms with Crippen LogP contribution in [0.5, 0.6) is 0 Å². The summed E-state index contributed by atoms with van der Waals surface area (Å²) in [6.45, 7) is 12.4. The number of rotatable bonds is 8. The summed E-state index contributed by atoms with van der Waals surface area (Å²) in [6, 6.07) is 0.611. The van der Waals surface area contributed by atoms with E-state index in [1.165, 1.54) is 38.9 Å². The molecule has 0 aromatic rings. The Balaban J connectivity index is 2.55. The number of nitrogens with zero attached hydrogens (tertiary/aromatic N) is 1. The maximum Gasteiger partial charge on any atom is 0.0589 e. The molecular formula is C14H30N2O. The molecule has 1 atom stereocenters. The first-order valence-corrected chi connectivity index (χ1v) is 7.07. The SMILES string of the molecule is CCCC1(CN(CCOC)C(C)C)CCNC1. The average Bonchev–Trinajstić information content (AvgIpc) is 2.73. The fourth-order valence-electron chi connectivity index (χ4n) is 2.91. The van der Waals surface area contributed by atoms with Crippen molar-refractivity contribution in [3.05, 3.63) is 0 Å². The van der Waals surface area contributed by atoms with Crippen molar-refractivity contribution in [3.8, 4) is 0 Å². The van der Waals surface area contributed by atoms with Crippen LogP contribution in [0.15, 0.2) is 0 Å². The van der Waals surface area contributed by atoms with Gasteiger partial charge in [-0.1, -0.05) is 13.3 Å². The highest BCUT2D eigenvalue weighted by Crippen LogP contribution is 2.32. The highest BCUT2D eigenvalue weighted by Gasteiger charge is 2.35. The van der Waals surface area contributed by atoms with Gasteiger partial charge in [-0.2, -0.15) is 0 Å². The molecule has 3 nitrogen and oxygen atoms in total. The van der Waals surface area contributed by atoms with E-state index in [9.17, 15) is 0 Å². The molecule has 1 saturated heterocycles. The number of nitrogens with one attached hydrogen (secondary N) is 1. The molecule has 1 N–H and O–H groups in total. The Labute approximate surface area is 107 Å². The van der Waals surface area contributed by atoms with Crippen molar-refractivity contribution in [2.24, 2.45) is 5.41 Å². The minimum Gasteiger partial charge on any atom is -0.383 e. The lowest BCUT2D eigenvalue weighted by Crippen LogP contribution is -2.44. The van der Waals surface area contributed by atoms with Crippen molar-refractivity contribution >= 4 is 0 Å². The molecule has 0 aliphatic carbocycles. The van der Waals surface area contributed by atoms with Gasteiger partial charge in [-0.05, 0) is 38.6 Å². The second-order valence-electron chi connectivity index (χ2n) is 5.73. The van der Waals surface area contributed by atoms with Gasteiger partial charge in [0.1, 0.15) is 0 Å². The van der Waals surface area contributed by atoms with E-state index >= 15 is 0 Å². The van der Waals surface area contributed by atoms with Crippen LogP contribution in [0.1, 0.15) is 40.0 Å². The number of hydrogen-bond donors (Lipinski definition) is 1. The second-order valence-corrected chi connectivity index (χ2v) is 5.73. The molecule has 1 rings (SSSR count). The Bertz CT molecular complexity index is 200. The average molecular weight is 242 g/mol. The van der Waals surface area contributed by atoms with Gasteiger partial charge in [0.2, 0.25) is 0 Å². The van der Waals surface area contributed by atoms with Gasteiger partial charge in [-0.3, -0.25) is 4.90 Å². The van der Waals surface area contributed by atoms with Gasteiger partial charge < -0.3 is 10.1 Å². The Morgan fingerprint density at radius 2 is 2.18 bits per heavy atom. The highest BCUT2D eigenvalue weighted by molar-refractivity contribution is 4.90. The molecule has 1 aliphatic rings. The third-order valence-corrected chi connectivity index (χ3v) is 3.96. The van der Waals surface area contributed by atoms with Crippen molar-refractivity contribution in [2.45, 2.75) is 46.1 Å². The van der Waals surface area contributed by atoms with Crippen molar-refractivity contribution < 1.29 is 4.74 Å². The van der Waals surface area contributed by atoms with Gasteiger partial charge in [0.15, 0.2) is 0 Å². The summed E-state index contributed by atoms with van der Waals surface area (Å²) in [5.74, 6) is 0. The standard InChI is InChI=1S/C14H30N2O/c1-5-6-14(7-8-15-11-14)12-16(13(2)3)9-10-17-4/h13,15H,5-12H2,1-4H3. The quantitative estimate of drug-likeness (QED) is 0.705. The van der Waals surface area contributed by atoms with Crippen LogP contribution in [-0.2, 0) is 4.74 Å². The van der Waals surface area contributed by atoms with Crippen molar-refractivity contribution in [3.63, 3.8) is 0 Å². The third kappa shape index (κ3) is 4.57. The zero-order chi connectivity index (χ0) is 12.7. The second kappa shape index (κ2) is 7.34. The molecule has 1 heterocycles. The Morgan fingerprint density at radius 1 is 1.41 bits per heavy atom. The van der Waals surface area contributed by atoms with E-state index in [2.05, 4.69) is 31.0 Å².